The highest BCUT2D eigenvalue weighted by Gasteiger charge is 2.23. The standard InChI is InChI=1S/C13H27N3O/c1-4-11(2)12(14)13(17)15(3)9-10-16-7-5-6-8-16/h11-12H,4-10,14H2,1-3H3/t11-,12-/m0/s1. The van der Waals surface area contributed by atoms with E-state index in [2.05, 4.69) is 11.8 Å². The predicted octanol–water partition coefficient (Wildman–Crippen LogP) is 0.914. The summed E-state index contributed by atoms with van der Waals surface area (Å²) in [5.41, 5.74) is 5.95. The second-order valence-electron chi connectivity index (χ2n) is 5.22. The molecule has 1 saturated heterocycles. The Hall–Kier alpha value is -0.610. The Kier molecular flexibility index (Phi) is 5.92. The van der Waals surface area contributed by atoms with Crippen LogP contribution in [0.2, 0.25) is 0 Å². The van der Waals surface area contributed by atoms with Crippen LogP contribution in [0.1, 0.15) is 33.1 Å². The summed E-state index contributed by atoms with van der Waals surface area (Å²) in [5.74, 6) is 0.343. The number of hydrogen-bond donors (Lipinski definition) is 1. The maximum atomic E-state index is 12.0. The average molecular weight is 241 g/mol. The van der Waals surface area contributed by atoms with Crippen molar-refractivity contribution in [3.05, 3.63) is 0 Å². The molecule has 1 aliphatic heterocycles. The van der Waals surface area contributed by atoms with Crippen LogP contribution in [0, 0.1) is 5.92 Å². The fraction of sp³-hybridized carbons (Fsp3) is 0.923. The van der Waals surface area contributed by atoms with E-state index in [-0.39, 0.29) is 17.9 Å². The van der Waals surface area contributed by atoms with Crippen LogP contribution in [-0.4, -0.2) is 55.0 Å². The molecule has 100 valence electrons. The van der Waals surface area contributed by atoms with Crippen LogP contribution >= 0.6 is 0 Å². The van der Waals surface area contributed by atoms with E-state index in [0.29, 0.717) is 0 Å². The largest absolute Gasteiger partial charge is 0.343 e. The van der Waals surface area contributed by atoms with Crippen LogP contribution in [-0.2, 0) is 4.79 Å². The van der Waals surface area contributed by atoms with Crippen LogP contribution < -0.4 is 5.73 Å². The van der Waals surface area contributed by atoms with Gasteiger partial charge < -0.3 is 15.5 Å². The molecule has 0 spiro atoms. The van der Waals surface area contributed by atoms with Gasteiger partial charge in [-0.15, -0.1) is 0 Å². The Morgan fingerprint density at radius 2 is 2.00 bits per heavy atom. The summed E-state index contributed by atoms with van der Waals surface area (Å²) in [6.45, 7) is 8.25. The lowest BCUT2D eigenvalue weighted by Gasteiger charge is -2.26. The highest BCUT2D eigenvalue weighted by Crippen LogP contribution is 2.09. The third kappa shape index (κ3) is 4.28. The Bertz CT molecular complexity index is 239. The SMILES string of the molecule is CC[C@H](C)[C@H](N)C(=O)N(C)CCN1CCCC1. The molecule has 1 heterocycles. The van der Waals surface area contributed by atoms with Gasteiger partial charge in [0.05, 0.1) is 6.04 Å². The minimum Gasteiger partial charge on any atom is -0.343 e. The molecule has 1 fully saturated rings. The lowest BCUT2D eigenvalue weighted by atomic mass is 9.99. The predicted molar refractivity (Wildman–Crippen MR) is 70.7 cm³/mol. The molecule has 0 aromatic rings. The van der Waals surface area contributed by atoms with Gasteiger partial charge in [-0.25, -0.2) is 0 Å². The van der Waals surface area contributed by atoms with E-state index >= 15 is 0 Å². The normalized spacial score (nSPS) is 20.2. The monoisotopic (exact) mass is 241 g/mol. The first kappa shape index (κ1) is 14.5. The minimum atomic E-state index is -0.344. The number of carbonyl (C=O) groups excluding carboxylic acids is 1. The molecule has 0 saturated carbocycles. The molecule has 4 heteroatoms. The zero-order valence-corrected chi connectivity index (χ0v) is 11.5. The third-order valence-electron chi connectivity index (χ3n) is 3.87. The Labute approximate surface area is 105 Å². The van der Waals surface area contributed by atoms with Crippen molar-refractivity contribution in [2.45, 2.75) is 39.2 Å². The molecular weight excluding hydrogens is 214 g/mol. The van der Waals surface area contributed by atoms with Crippen LogP contribution in [0.3, 0.4) is 0 Å². The Morgan fingerprint density at radius 1 is 1.41 bits per heavy atom. The van der Waals surface area contributed by atoms with Crippen molar-refractivity contribution in [1.29, 1.82) is 0 Å². The Morgan fingerprint density at radius 3 is 2.53 bits per heavy atom. The van der Waals surface area contributed by atoms with Crippen LogP contribution in [0.4, 0.5) is 0 Å². The Balaban J connectivity index is 2.30. The molecule has 1 aliphatic rings. The second kappa shape index (κ2) is 6.97. The zero-order valence-electron chi connectivity index (χ0n) is 11.5. The molecule has 1 amide bonds. The van der Waals surface area contributed by atoms with E-state index in [0.717, 1.165) is 19.5 Å². The van der Waals surface area contributed by atoms with Crippen molar-refractivity contribution in [2.24, 2.45) is 11.7 Å². The summed E-state index contributed by atoms with van der Waals surface area (Å²) in [4.78, 5) is 16.2. The quantitative estimate of drug-likeness (QED) is 0.752. The van der Waals surface area contributed by atoms with Crippen molar-refractivity contribution in [2.75, 3.05) is 33.2 Å². The van der Waals surface area contributed by atoms with E-state index in [1.807, 2.05) is 14.0 Å². The first-order valence-electron chi connectivity index (χ1n) is 6.79. The molecule has 0 bridgehead atoms. The van der Waals surface area contributed by atoms with Gasteiger partial charge in [-0.2, -0.15) is 0 Å². The summed E-state index contributed by atoms with van der Waals surface area (Å²) in [6, 6.07) is -0.344. The van der Waals surface area contributed by atoms with E-state index in [1.54, 1.807) is 4.90 Å². The molecule has 17 heavy (non-hydrogen) atoms. The van der Waals surface area contributed by atoms with Gasteiger partial charge in [-0.05, 0) is 31.8 Å². The number of rotatable bonds is 6. The third-order valence-corrected chi connectivity index (χ3v) is 3.87. The molecule has 0 unspecified atom stereocenters. The zero-order chi connectivity index (χ0) is 12.8. The first-order chi connectivity index (χ1) is 8.06. The number of carbonyl (C=O) groups is 1. The van der Waals surface area contributed by atoms with E-state index in [4.69, 9.17) is 5.73 Å². The molecule has 0 aromatic carbocycles. The fourth-order valence-corrected chi connectivity index (χ4v) is 2.16. The molecule has 2 atom stereocenters. The smallest absolute Gasteiger partial charge is 0.239 e. The maximum Gasteiger partial charge on any atom is 0.239 e. The molecule has 0 aliphatic carbocycles. The van der Waals surface area contributed by atoms with Crippen LogP contribution in [0.5, 0.6) is 0 Å². The van der Waals surface area contributed by atoms with Crippen LogP contribution in [0.15, 0.2) is 0 Å². The van der Waals surface area contributed by atoms with Crippen molar-refractivity contribution in [3.8, 4) is 0 Å². The van der Waals surface area contributed by atoms with Gasteiger partial charge in [0.15, 0.2) is 0 Å². The molecular formula is C13H27N3O. The number of likely N-dealkylation sites (tertiary alicyclic amines) is 1. The number of nitrogens with zero attached hydrogens (tertiary/aromatic N) is 2. The van der Waals surface area contributed by atoms with Gasteiger partial charge in [0.2, 0.25) is 5.91 Å². The number of amides is 1. The highest BCUT2D eigenvalue weighted by molar-refractivity contribution is 5.81. The van der Waals surface area contributed by atoms with Gasteiger partial charge in [0, 0.05) is 20.1 Å². The number of hydrogen-bond acceptors (Lipinski definition) is 3. The van der Waals surface area contributed by atoms with Gasteiger partial charge >= 0.3 is 0 Å². The number of nitrogens with two attached hydrogens (primary N) is 1. The summed E-state index contributed by atoms with van der Waals surface area (Å²) < 4.78 is 0. The van der Waals surface area contributed by atoms with Crippen LogP contribution in [0.25, 0.3) is 0 Å². The lowest BCUT2D eigenvalue weighted by Crippen LogP contribution is -2.47. The van der Waals surface area contributed by atoms with E-state index < -0.39 is 0 Å². The van der Waals surface area contributed by atoms with E-state index in [9.17, 15) is 4.79 Å². The van der Waals surface area contributed by atoms with Gasteiger partial charge in [-0.3, -0.25) is 4.79 Å². The fourth-order valence-electron chi connectivity index (χ4n) is 2.16. The molecule has 1 rings (SSSR count). The van der Waals surface area contributed by atoms with E-state index in [1.165, 1.54) is 25.9 Å². The van der Waals surface area contributed by atoms with Crippen molar-refractivity contribution < 1.29 is 4.79 Å². The average Bonchev–Trinajstić information content (AvgIpc) is 2.86. The first-order valence-corrected chi connectivity index (χ1v) is 6.79. The minimum absolute atomic E-state index is 0.0820. The van der Waals surface area contributed by atoms with Gasteiger partial charge in [0.25, 0.3) is 0 Å². The summed E-state index contributed by atoms with van der Waals surface area (Å²) >= 11 is 0. The maximum absolute atomic E-state index is 12.0. The molecule has 4 nitrogen and oxygen atoms in total. The summed E-state index contributed by atoms with van der Waals surface area (Å²) in [7, 11) is 1.86. The van der Waals surface area contributed by atoms with Crippen molar-refractivity contribution in [3.63, 3.8) is 0 Å². The van der Waals surface area contributed by atoms with Crippen molar-refractivity contribution >= 4 is 5.91 Å². The summed E-state index contributed by atoms with van der Waals surface area (Å²) in [6.07, 6.45) is 3.54. The van der Waals surface area contributed by atoms with Gasteiger partial charge in [-0.1, -0.05) is 20.3 Å². The summed E-state index contributed by atoms with van der Waals surface area (Å²) in [5, 5.41) is 0. The molecule has 0 radical (unpaired) electrons. The highest BCUT2D eigenvalue weighted by atomic mass is 16.2. The number of likely N-dealkylation sites (N-methyl/N-ethyl adjacent to an activating group) is 1. The van der Waals surface area contributed by atoms with Crippen molar-refractivity contribution in [1.82, 2.24) is 9.80 Å². The topological polar surface area (TPSA) is 49.6 Å². The lowest BCUT2D eigenvalue weighted by molar-refractivity contribution is -0.132. The molecule has 0 aromatic heterocycles. The second-order valence-corrected chi connectivity index (χ2v) is 5.22. The van der Waals surface area contributed by atoms with Gasteiger partial charge in [0.1, 0.15) is 0 Å². The molecule has 2 N–H and O–H groups in total.